The number of hydrogen-bond donors (Lipinski definition) is 2. The van der Waals surface area contributed by atoms with Crippen molar-refractivity contribution in [1.29, 1.82) is 0 Å². The van der Waals surface area contributed by atoms with Gasteiger partial charge >= 0.3 is 5.97 Å². The zero-order valence-corrected chi connectivity index (χ0v) is 6.94. The summed E-state index contributed by atoms with van der Waals surface area (Å²) in [6.45, 7) is 1.00. The van der Waals surface area contributed by atoms with Gasteiger partial charge in [-0.15, -0.1) is 0 Å². The normalized spacial score (nSPS) is 9.62. The Morgan fingerprint density at radius 3 is 1.92 bits per heavy atom. The van der Waals surface area contributed by atoms with E-state index in [0.29, 0.717) is 5.75 Å². The monoisotopic (exact) mass is 180 g/mol. The molecule has 2 aliphatic rings. The molecule has 2 rings (SSSR count). The van der Waals surface area contributed by atoms with Crippen molar-refractivity contribution in [2.75, 3.05) is 0 Å². The number of rotatable bonds is 1. The van der Waals surface area contributed by atoms with Crippen LogP contribution in [0.2, 0.25) is 0 Å². The first kappa shape index (κ1) is 9.25. The first-order chi connectivity index (χ1) is 6.02. The highest BCUT2D eigenvalue weighted by Crippen LogP contribution is 2.42. The van der Waals surface area contributed by atoms with Crippen molar-refractivity contribution in [2.24, 2.45) is 0 Å². The maximum absolute atomic E-state index is 9.54. The van der Waals surface area contributed by atoms with Crippen LogP contribution in [0.4, 0.5) is 0 Å². The average molecular weight is 180 g/mol. The van der Waals surface area contributed by atoms with Crippen molar-refractivity contribution >= 4 is 11.8 Å². The standard InChI is InChI=1S/C6H4O.C3H4O3/c7-6-2-1-4-3-5(4)6;1-2(4)3(5)6/h1-3,7H;1H3,(H,5,6). The van der Waals surface area contributed by atoms with Gasteiger partial charge < -0.3 is 10.2 Å². The second-order valence-electron chi connectivity index (χ2n) is 2.59. The van der Waals surface area contributed by atoms with Crippen LogP contribution >= 0.6 is 0 Å². The molecular formula is C9H8O4. The maximum atomic E-state index is 9.54. The molecule has 0 aromatic rings. The first-order valence-corrected chi connectivity index (χ1v) is 3.59. The second kappa shape index (κ2) is 3.26. The van der Waals surface area contributed by atoms with Gasteiger partial charge in [0, 0.05) is 12.5 Å². The highest BCUT2D eigenvalue weighted by molar-refractivity contribution is 6.31. The Morgan fingerprint density at radius 2 is 1.85 bits per heavy atom. The highest BCUT2D eigenvalue weighted by atomic mass is 16.4. The number of fused-ring (bicyclic) bond motifs is 1. The number of hydrogen-bond acceptors (Lipinski definition) is 3. The molecule has 0 unspecified atom stereocenters. The van der Waals surface area contributed by atoms with Crippen LogP contribution < -0.4 is 0 Å². The number of phenols is 1. The van der Waals surface area contributed by atoms with Gasteiger partial charge in [-0.2, -0.15) is 0 Å². The van der Waals surface area contributed by atoms with Gasteiger partial charge in [0.05, 0.1) is 0 Å². The van der Waals surface area contributed by atoms with E-state index >= 15 is 0 Å². The Labute approximate surface area is 74.4 Å². The minimum Gasteiger partial charge on any atom is -0.507 e. The second-order valence-corrected chi connectivity index (χ2v) is 2.59. The van der Waals surface area contributed by atoms with Crippen LogP contribution in [0.15, 0.2) is 18.2 Å². The van der Waals surface area contributed by atoms with Crippen LogP contribution in [0.25, 0.3) is 11.1 Å². The van der Waals surface area contributed by atoms with Crippen LogP contribution in [0.5, 0.6) is 5.75 Å². The molecule has 0 aromatic heterocycles. The number of ketones is 1. The van der Waals surface area contributed by atoms with Gasteiger partial charge in [-0.25, -0.2) is 4.79 Å². The molecule has 0 atom stereocenters. The molecule has 4 nitrogen and oxygen atoms in total. The molecule has 4 heteroatoms. The number of Topliss-reactive ketones (excluding diaryl/α,β-unsaturated/α-hetero) is 1. The molecule has 2 N–H and O–H groups in total. The van der Waals surface area contributed by atoms with Crippen molar-refractivity contribution in [3.63, 3.8) is 0 Å². The molecule has 0 saturated heterocycles. The number of carbonyl (C=O) groups is 2. The Hall–Kier alpha value is -1.84. The summed E-state index contributed by atoms with van der Waals surface area (Å²) < 4.78 is 0. The molecule has 68 valence electrons. The largest absolute Gasteiger partial charge is 0.507 e. The summed E-state index contributed by atoms with van der Waals surface area (Å²) in [5, 5.41) is 16.4. The number of phenolic OH excluding ortho intramolecular Hbond substituents is 1. The summed E-state index contributed by atoms with van der Waals surface area (Å²) in [6.07, 6.45) is 0. The van der Waals surface area contributed by atoms with E-state index in [-0.39, 0.29) is 0 Å². The number of carbonyl (C=O) groups excluding carboxylic acids is 1. The minimum atomic E-state index is -1.38. The number of aromatic hydroxyl groups is 1. The van der Waals surface area contributed by atoms with Crippen molar-refractivity contribution in [1.82, 2.24) is 0 Å². The van der Waals surface area contributed by atoms with E-state index in [4.69, 9.17) is 10.2 Å². The smallest absolute Gasteiger partial charge is 0.371 e. The minimum absolute atomic E-state index is 0.426. The molecule has 0 heterocycles. The van der Waals surface area contributed by atoms with E-state index in [2.05, 4.69) is 0 Å². The van der Waals surface area contributed by atoms with Gasteiger partial charge in [-0.3, -0.25) is 4.79 Å². The third-order valence-electron chi connectivity index (χ3n) is 1.53. The van der Waals surface area contributed by atoms with E-state index in [0.717, 1.165) is 12.5 Å². The molecule has 0 radical (unpaired) electrons. The highest BCUT2D eigenvalue weighted by Gasteiger charge is 2.15. The molecule has 0 fully saturated rings. The van der Waals surface area contributed by atoms with Crippen molar-refractivity contribution in [3.05, 3.63) is 18.2 Å². The Bertz CT molecular complexity index is 356. The van der Waals surface area contributed by atoms with E-state index in [9.17, 15) is 9.59 Å². The Balaban J connectivity index is 0.000000133. The van der Waals surface area contributed by atoms with Gasteiger partial charge in [-0.05, 0) is 17.7 Å². The van der Waals surface area contributed by atoms with Gasteiger partial charge in [0.25, 0.3) is 0 Å². The van der Waals surface area contributed by atoms with Crippen LogP contribution in [-0.2, 0) is 9.59 Å². The number of carboxylic acids is 1. The molecule has 0 spiro atoms. The van der Waals surface area contributed by atoms with Crippen molar-refractivity contribution < 1.29 is 19.8 Å². The molecule has 0 aromatic carbocycles. The van der Waals surface area contributed by atoms with E-state index < -0.39 is 11.8 Å². The topological polar surface area (TPSA) is 74.6 Å². The SMILES string of the molecule is CC(=O)C(=O)O.Oc1ccc2cc1-2. The maximum Gasteiger partial charge on any atom is 0.371 e. The molecule has 0 amide bonds. The molecule has 0 saturated carbocycles. The van der Waals surface area contributed by atoms with Crippen molar-refractivity contribution in [2.45, 2.75) is 6.92 Å². The summed E-state index contributed by atoms with van der Waals surface area (Å²) in [4.78, 5) is 18.9. The molecular weight excluding hydrogens is 172 g/mol. The Morgan fingerprint density at radius 1 is 1.31 bits per heavy atom. The van der Waals surface area contributed by atoms with Gasteiger partial charge in [0.15, 0.2) is 0 Å². The third-order valence-corrected chi connectivity index (χ3v) is 1.53. The van der Waals surface area contributed by atoms with Crippen LogP contribution in [0.1, 0.15) is 6.92 Å². The van der Waals surface area contributed by atoms with Gasteiger partial charge in [-0.1, -0.05) is 6.07 Å². The first-order valence-electron chi connectivity index (χ1n) is 3.59. The predicted molar refractivity (Wildman–Crippen MR) is 45.4 cm³/mol. The summed E-state index contributed by atoms with van der Waals surface area (Å²) in [5.41, 5.74) is 2.22. The summed E-state index contributed by atoms with van der Waals surface area (Å²) in [6, 6.07) is 5.57. The van der Waals surface area contributed by atoms with Gasteiger partial charge in [0.1, 0.15) is 5.75 Å². The average Bonchev–Trinajstić information content (AvgIpc) is 2.74. The predicted octanol–water partition coefficient (Wildman–Crippen LogP) is 1.03. The lowest BCUT2D eigenvalue weighted by Gasteiger charge is -1.73. The van der Waals surface area contributed by atoms with Crippen LogP contribution in [0.3, 0.4) is 0 Å². The van der Waals surface area contributed by atoms with Crippen LogP contribution in [-0.4, -0.2) is 22.0 Å². The summed E-state index contributed by atoms with van der Waals surface area (Å²) in [5.74, 6) is -1.78. The Kier molecular flexibility index (Phi) is 2.32. The lowest BCUT2D eigenvalue weighted by Crippen LogP contribution is -2.05. The van der Waals surface area contributed by atoms with E-state index in [1.54, 1.807) is 6.07 Å². The van der Waals surface area contributed by atoms with Crippen molar-refractivity contribution in [3.8, 4) is 16.9 Å². The summed E-state index contributed by atoms with van der Waals surface area (Å²) in [7, 11) is 0. The van der Waals surface area contributed by atoms with E-state index in [1.165, 1.54) is 5.56 Å². The fourth-order valence-electron chi connectivity index (χ4n) is 0.738. The molecule has 2 aliphatic carbocycles. The number of aliphatic carboxylic acids is 1. The fourth-order valence-corrected chi connectivity index (χ4v) is 0.738. The third kappa shape index (κ3) is 2.30. The quantitative estimate of drug-likeness (QED) is 0.643. The number of carboxylic acid groups (broad SMARTS) is 1. The zero-order chi connectivity index (χ0) is 10.0. The zero-order valence-electron chi connectivity index (χ0n) is 6.94. The lowest BCUT2D eigenvalue weighted by atomic mass is 10.5. The van der Waals surface area contributed by atoms with Crippen LogP contribution in [0, 0.1) is 0 Å². The summed E-state index contributed by atoms with van der Waals surface area (Å²) >= 11 is 0. The molecule has 13 heavy (non-hydrogen) atoms. The molecule has 0 aliphatic heterocycles. The molecule has 0 bridgehead atoms. The fraction of sp³-hybridized carbons (Fsp3) is 0.111. The van der Waals surface area contributed by atoms with E-state index in [1.807, 2.05) is 12.1 Å². The number of benzene rings is 1. The van der Waals surface area contributed by atoms with Gasteiger partial charge in [0.2, 0.25) is 5.78 Å². The lowest BCUT2D eigenvalue weighted by molar-refractivity contribution is -0.148.